The summed E-state index contributed by atoms with van der Waals surface area (Å²) >= 11 is 1.94. The third kappa shape index (κ3) is 3.61. The molecule has 0 aliphatic heterocycles. The van der Waals surface area contributed by atoms with Gasteiger partial charge >= 0.3 is 0 Å². The van der Waals surface area contributed by atoms with Gasteiger partial charge in [-0.2, -0.15) is 4.57 Å². The molecule has 0 radical (unpaired) electrons. The molecular formula is C16H20NS+. The number of pyridine rings is 1. The fourth-order valence-electron chi connectivity index (χ4n) is 2.01. The SMILES string of the molecule is CCc1cc[n+](CSCc2ccccc2)cc1C. The van der Waals surface area contributed by atoms with E-state index in [1.54, 1.807) is 0 Å². The zero-order valence-corrected chi connectivity index (χ0v) is 11.9. The fraction of sp³-hybridized carbons (Fsp3) is 0.312. The van der Waals surface area contributed by atoms with Crippen LogP contribution in [0.5, 0.6) is 0 Å². The Kier molecular flexibility index (Phi) is 4.82. The molecule has 0 bridgehead atoms. The highest BCUT2D eigenvalue weighted by atomic mass is 32.2. The largest absolute Gasteiger partial charge is 0.195 e. The third-order valence-corrected chi connectivity index (χ3v) is 4.08. The number of hydrogen-bond acceptors (Lipinski definition) is 1. The molecule has 0 aliphatic rings. The van der Waals surface area contributed by atoms with E-state index in [1.165, 1.54) is 16.7 Å². The zero-order valence-electron chi connectivity index (χ0n) is 11.1. The Bertz CT molecular complexity index is 494. The normalized spacial score (nSPS) is 10.6. The molecule has 1 aromatic heterocycles. The second-order valence-corrected chi connectivity index (χ2v) is 5.44. The van der Waals surface area contributed by atoms with Gasteiger partial charge in [0, 0.05) is 17.4 Å². The molecule has 0 unspecified atom stereocenters. The lowest BCUT2D eigenvalue weighted by molar-refractivity contribution is -0.676. The summed E-state index contributed by atoms with van der Waals surface area (Å²) in [6.45, 7) is 4.40. The van der Waals surface area contributed by atoms with Gasteiger partial charge in [0.05, 0.1) is 0 Å². The van der Waals surface area contributed by atoms with E-state index in [4.69, 9.17) is 0 Å². The summed E-state index contributed by atoms with van der Waals surface area (Å²) < 4.78 is 2.27. The molecular weight excluding hydrogens is 238 g/mol. The molecule has 0 atom stereocenters. The Morgan fingerprint density at radius 3 is 2.56 bits per heavy atom. The quantitative estimate of drug-likeness (QED) is 0.739. The third-order valence-electron chi connectivity index (χ3n) is 3.07. The lowest BCUT2D eigenvalue weighted by Gasteiger charge is -2.02. The first-order chi connectivity index (χ1) is 8.79. The van der Waals surface area contributed by atoms with Crippen LogP contribution in [0.4, 0.5) is 0 Å². The van der Waals surface area contributed by atoms with Gasteiger partial charge in [-0.1, -0.05) is 49.0 Å². The van der Waals surface area contributed by atoms with E-state index in [2.05, 4.69) is 67.2 Å². The summed E-state index contributed by atoms with van der Waals surface area (Å²) in [4.78, 5) is 0. The highest BCUT2D eigenvalue weighted by Gasteiger charge is 2.04. The number of hydrogen-bond donors (Lipinski definition) is 0. The molecule has 0 fully saturated rings. The van der Waals surface area contributed by atoms with Crippen LogP contribution < -0.4 is 4.57 Å². The molecule has 1 aromatic carbocycles. The zero-order chi connectivity index (χ0) is 12.8. The molecule has 2 rings (SSSR count). The topological polar surface area (TPSA) is 3.88 Å². The van der Waals surface area contributed by atoms with Gasteiger partial charge in [0.2, 0.25) is 0 Å². The molecule has 0 aliphatic carbocycles. The number of thioether (sulfide) groups is 1. The first-order valence-corrected chi connectivity index (χ1v) is 7.55. The molecule has 0 saturated heterocycles. The highest BCUT2D eigenvalue weighted by Crippen LogP contribution is 2.12. The predicted octanol–water partition coefficient (Wildman–Crippen LogP) is 3.74. The Hall–Kier alpha value is -1.28. The van der Waals surface area contributed by atoms with Crippen molar-refractivity contribution in [1.82, 2.24) is 0 Å². The smallest absolute Gasteiger partial charge is 0.194 e. The monoisotopic (exact) mass is 258 g/mol. The molecule has 2 aromatic rings. The van der Waals surface area contributed by atoms with Crippen molar-refractivity contribution in [3.63, 3.8) is 0 Å². The number of nitrogens with zero attached hydrogens (tertiary/aromatic N) is 1. The lowest BCUT2D eigenvalue weighted by atomic mass is 10.1. The van der Waals surface area contributed by atoms with Crippen LogP contribution in [-0.2, 0) is 18.1 Å². The second-order valence-electron chi connectivity index (χ2n) is 4.48. The number of aromatic nitrogens is 1. The average molecular weight is 258 g/mol. The van der Waals surface area contributed by atoms with Crippen molar-refractivity contribution in [2.75, 3.05) is 0 Å². The Morgan fingerprint density at radius 1 is 1.11 bits per heavy atom. The van der Waals surface area contributed by atoms with E-state index < -0.39 is 0 Å². The molecule has 1 heterocycles. The second kappa shape index (κ2) is 6.60. The van der Waals surface area contributed by atoms with Gasteiger partial charge in [-0.25, -0.2) is 0 Å². The summed E-state index contributed by atoms with van der Waals surface area (Å²) in [5.74, 6) is 2.09. The van der Waals surface area contributed by atoms with Gasteiger partial charge in [0.25, 0.3) is 0 Å². The van der Waals surface area contributed by atoms with Crippen LogP contribution in [0.1, 0.15) is 23.6 Å². The van der Waals surface area contributed by atoms with E-state index >= 15 is 0 Å². The van der Waals surface area contributed by atoms with Gasteiger partial charge in [-0.3, -0.25) is 0 Å². The van der Waals surface area contributed by atoms with Crippen LogP contribution >= 0.6 is 11.8 Å². The maximum Gasteiger partial charge on any atom is 0.194 e. The van der Waals surface area contributed by atoms with Crippen LogP contribution in [-0.4, -0.2) is 0 Å². The minimum Gasteiger partial charge on any atom is -0.195 e. The first-order valence-electron chi connectivity index (χ1n) is 6.40. The summed E-state index contributed by atoms with van der Waals surface area (Å²) in [5.41, 5.74) is 4.23. The summed E-state index contributed by atoms with van der Waals surface area (Å²) in [6, 6.07) is 12.9. The summed E-state index contributed by atoms with van der Waals surface area (Å²) in [7, 11) is 0. The van der Waals surface area contributed by atoms with E-state index in [-0.39, 0.29) is 0 Å². The van der Waals surface area contributed by atoms with E-state index in [0.29, 0.717) is 0 Å². The van der Waals surface area contributed by atoms with Gasteiger partial charge in [0.15, 0.2) is 18.3 Å². The molecule has 0 saturated carbocycles. The first kappa shape index (κ1) is 13.2. The van der Waals surface area contributed by atoms with Crippen molar-refractivity contribution in [2.24, 2.45) is 0 Å². The number of aryl methyl sites for hydroxylation is 2. The number of benzene rings is 1. The van der Waals surface area contributed by atoms with Crippen LogP contribution in [0.3, 0.4) is 0 Å². The minimum atomic E-state index is 1.01. The molecule has 1 nitrogen and oxygen atoms in total. The van der Waals surface area contributed by atoms with Gasteiger partial charge < -0.3 is 0 Å². The van der Waals surface area contributed by atoms with Crippen molar-refractivity contribution >= 4 is 11.8 Å². The van der Waals surface area contributed by atoms with Crippen molar-refractivity contribution < 1.29 is 4.57 Å². The van der Waals surface area contributed by atoms with Crippen LogP contribution in [0.2, 0.25) is 0 Å². The van der Waals surface area contributed by atoms with Crippen molar-refractivity contribution in [1.29, 1.82) is 0 Å². The van der Waals surface area contributed by atoms with Gasteiger partial charge in [-0.15, -0.1) is 0 Å². The van der Waals surface area contributed by atoms with Crippen LogP contribution in [0, 0.1) is 6.92 Å². The van der Waals surface area contributed by atoms with Crippen LogP contribution in [0.25, 0.3) is 0 Å². The van der Waals surface area contributed by atoms with E-state index in [1.807, 2.05) is 11.8 Å². The minimum absolute atomic E-state index is 1.01. The summed E-state index contributed by atoms with van der Waals surface area (Å²) in [6.07, 6.45) is 5.55. The maximum atomic E-state index is 2.27. The molecule has 2 heteroatoms. The average Bonchev–Trinajstić information content (AvgIpc) is 2.40. The Balaban J connectivity index is 1.89. The Labute approximate surface area is 114 Å². The maximum absolute atomic E-state index is 2.27. The molecule has 0 N–H and O–H groups in total. The fourth-order valence-corrected chi connectivity index (χ4v) is 2.90. The highest BCUT2D eigenvalue weighted by molar-refractivity contribution is 7.97. The van der Waals surface area contributed by atoms with Crippen molar-refractivity contribution in [3.8, 4) is 0 Å². The summed E-state index contributed by atoms with van der Waals surface area (Å²) in [5, 5.41) is 0. The van der Waals surface area contributed by atoms with E-state index in [9.17, 15) is 0 Å². The standard InChI is InChI=1S/C16H20NS/c1-3-16-9-10-17(11-14(16)2)13-18-12-15-7-5-4-6-8-15/h4-11H,3,12-13H2,1-2H3/q+1. The van der Waals surface area contributed by atoms with Crippen molar-refractivity contribution in [3.05, 3.63) is 65.5 Å². The van der Waals surface area contributed by atoms with Gasteiger partial charge in [0.1, 0.15) is 0 Å². The van der Waals surface area contributed by atoms with Gasteiger partial charge in [-0.05, 0) is 24.5 Å². The molecule has 94 valence electrons. The lowest BCUT2D eigenvalue weighted by Crippen LogP contribution is -2.31. The van der Waals surface area contributed by atoms with Crippen LogP contribution in [0.15, 0.2) is 48.8 Å². The van der Waals surface area contributed by atoms with Crippen molar-refractivity contribution in [2.45, 2.75) is 31.9 Å². The Morgan fingerprint density at radius 2 is 1.89 bits per heavy atom. The molecule has 0 amide bonds. The predicted molar refractivity (Wildman–Crippen MR) is 78.5 cm³/mol. The molecule has 18 heavy (non-hydrogen) atoms. The molecule has 0 spiro atoms. The number of rotatable bonds is 5. The van der Waals surface area contributed by atoms with E-state index in [0.717, 1.165) is 18.1 Å².